The van der Waals surface area contributed by atoms with Crippen LogP contribution in [0.5, 0.6) is 0 Å². The van der Waals surface area contributed by atoms with Crippen molar-refractivity contribution in [2.75, 3.05) is 0 Å². The first-order valence-corrected chi connectivity index (χ1v) is 4.20. The lowest BCUT2D eigenvalue weighted by Gasteiger charge is -2.01. The first-order valence-electron chi connectivity index (χ1n) is 4.20. The van der Waals surface area contributed by atoms with Gasteiger partial charge in [0.15, 0.2) is 0 Å². The van der Waals surface area contributed by atoms with E-state index < -0.39 is 0 Å². The molecule has 0 radical (unpaired) electrons. The van der Waals surface area contributed by atoms with Gasteiger partial charge in [-0.1, -0.05) is 27.2 Å². The van der Waals surface area contributed by atoms with Crippen LogP contribution in [0.3, 0.4) is 0 Å². The summed E-state index contributed by atoms with van der Waals surface area (Å²) in [6, 6.07) is 0. The van der Waals surface area contributed by atoms with Crippen molar-refractivity contribution in [2.45, 2.75) is 40.0 Å². The maximum absolute atomic E-state index is 2.37. The van der Waals surface area contributed by atoms with Crippen molar-refractivity contribution in [3.05, 3.63) is 0 Å². The first kappa shape index (κ1) is 7.11. The second-order valence-electron chi connectivity index (χ2n) is 3.94. The summed E-state index contributed by atoms with van der Waals surface area (Å²) in [4.78, 5) is 0. The lowest BCUT2D eigenvalue weighted by Crippen LogP contribution is -1.88. The molecule has 1 fully saturated rings. The molecular weight excluding hydrogens is 108 g/mol. The molecule has 0 aromatic rings. The predicted molar refractivity (Wildman–Crippen MR) is 41.3 cm³/mol. The van der Waals surface area contributed by atoms with Crippen molar-refractivity contribution in [3.63, 3.8) is 0 Å². The van der Waals surface area contributed by atoms with Crippen molar-refractivity contribution in [2.24, 2.45) is 17.8 Å². The van der Waals surface area contributed by atoms with Gasteiger partial charge in [0.2, 0.25) is 0 Å². The molecule has 0 aromatic heterocycles. The smallest absolute Gasteiger partial charge is 0.0386 e. The van der Waals surface area contributed by atoms with Gasteiger partial charge in [-0.2, -0.15) is 0 Å². The van der Waals surface area contributed by atoms with Gasteiger partial charge >= 0.3 is 0 Å². The molecule has 0 saturated heterocycles. The third-order valence-electron chi connectivity index (χ3n) is 2.39. The summed E-state index contributed by atoms with van der Waals surface area (Å²) in [6.07, 6.45) is 4.43. The predicted octanol–water partition coefficient (Wildman–Crippen LogP) is 3.08. The molecule has 0 heterocycles. The molecule has 0 amide bonds. The molecule has 0 bridgehead atoms. The molecular formula is C9H18. The van der Waals surface area contributed by atoms with E-state index >= 15 is 0 Å². The zero-order valence-electron chi connectivity index (χ0n) is 6.85. The van der Waals surface area contributed by atoms with Crippen molar-refractivity contribution < 1.29 is 0 Å². The molecule has 0 aliphatic heterocycles. The maximum Gasteiger partial charge on any atom is -0.0386 e. The average molecular weight is 126 g/mol. The molecule has 0 N–H and O–H groups in total. The van der Waals surface area contributed by atoms with Crippen LogP contribution >= 0.6 is 0 Å². The highest BCUT2D eigenvalue weighted by Crippen LogP contribution is 2.41. The van der Waals surface area contributed by atoms with E-state index in [1.807, 2.05) is 0 Å². The van der Waals surface area contributed by atoms with E-state index in [9.17, 15) is 0 Å². The second-order valence-corrected chi connectivity index (χ2v) is 3.94. The Balaban J connectivity index is 1.94. The van der Waals surface area contributed by atoms with Gasteiger partial charge in [0.25, 0.3) is 0 Å². The van der Waals surface area contributed by atoms with E-state index in [0.717, 1.165) is 17.8 Å². The van der Waals surface area contributed by atoms with Crippen molar-refractivity contribution in [1.29, 1.82) is 0 Å². The fraction of sp³-hybridized carbons (Fsp3) is 1.00. The highest BCUT2D eigenvalue weighted by molar-refractivity contribution is 4.81. The van der Waals surface area contributed by atoms with Crippen molar-refractivity contribution >= 4 is 0 Å². The van der Waals surface area contributed by atoms with Crippen LogP contribution in [0.2, 0.25) is 0 Å². The van der Waals surface area contributed by atoms with Gasteiger partial charge in [-0.15, -0.1) is 0 Å². The lowest BCUT2D eigenvalue weighted by molar-refractivity contribution is 0.515. The molecule has 54 valence electrons. The minimum atomic E-state index is 0.915. The molecule has 0 spiro atoms. The van der Waals surface area contributed by atoms with Gasteiger partial charge in [0, 0.05) is 0 Å². The zero-order chi connectivity index (χ0) is 6.85. The Hall–Kier alpha value is 0. The third-order valence-corrected chi connectivity index (χ3v) is 2.39. The summed E-state index contributed by atoms with van der Waals surface area (Å²) >= 11 is 0. The quantitative estimate of drug-likeness (QED) is 0.545. The van der Waals surface area contributed by atoms with E-state index in [1.165, 1.54) is 19.3 Å². The molecule has 2 atom stereocenters. The van der Waals surface area contributed by atoms with Gasteiger partial charge in [0.05, 0.1) is 0 Å². The molecule has 1 rings (SSSR count). The largest absolute Gasteiger partial charge is 0.0628 e. The van der Waals surface area contributed by atoms with Crippen LogP contribution in [0.1, 0.15) is 40.0 Å². The molecule has 1 aliphatic rings. The maximum atomic E-state index is 2.37. The monoisotopic (exact) mass is 126 g/mol. The van der Waals surface area contributed by atoms with Crippen LogP contribution in [0, 0.1) is 17.8 Å². The van der Waals surface area contributed by atoms with E-state index in [-0.39, 0.29) is 0 Å². The summed E-state index contributed by atoms with van der Waals surface area (Å²) in [5.41, 5.74) is 0. The molecule has 1 saturated carbocycles. The zero-order valence-corrected chi connectivity index (χ0v) is 6.85. The van der Waals surface area contributed by atoms with Gasteiger partial charge in [-0.05, 0) is 30.6 Å². The van der Waals surface area contributed by atoms with Crippen LogP contribution in [0.15, 0.2) is 0 Å². The Morgan fingerprint density at radius 2 is 2.00 bits per heavy atom. The number of hydrogen-bond donors (Lipinski definition) is 0. The van der Waals surface area contributed by atoms with Crippen molar-refractivity contribution in [3.8, 4) is 0 Å². The van der Waals surface area contributed by atoms with Crippen LogP contribution in [-0.4, -0.2) is 0 Å². The van der Waals surface area contributed by atoms with Gasteiger partial charge in [-0.25, -0.2) is 0 Å². The Bertz CT molecular complexity index is 84.0. The standard InChI is InChI=1S/C9H18/c1-7(2)4-5-9-6-8(9)3/h7-9H,4-6H2,1-3H3. The Labute approximate surface area is 58.7 Å². The van der Waals surface area contributed by atoms with E-state index in [2.05, 4.69) is 20.8 Å². The lowest BCUT2D eigenvalue weighted by atomic mass is 10.1. The summed E-state index contributed by atoms with van der Waals surface area (Å²) in [5.74, 6) is 3.08. The first-order chi connectivity index (χ1) is 4.20. The molecule has 9 heavy (non-hydrogen) atoms. The number of rotatable bonds is 3. The Morgan fingerprint density at radius 1 is 1.44 bits per heavy atom. The highest BCUT2D eigenvalue weighted by atomic mass is 14.4. The van der Waals surface area contributed by atoms with Gasteiger partial charge < -0.3 is 0 Å². The summed E-state index contributed by atoms with van der Waals surface area (Å²) < 4.78 is 0. The van der Waals surface area contributed by atoms with Crippen LogP contribution in [0.25, 0.3) is 0 Å². The molecule has 0 heteroatoms. The Kier molecular flexibility index (Phi) is 2.15. The number of hydrogen-bond acceptors (Lipinski definition) is 0. The molecule has 2 unspecified atom stereocenters. The second kappa shape index (κ2) is 2.72. The Morgan fingerprint density at radius 3 is 2.33 bits per heavy atom. The van der Waals surface area contributed by atoms with Gasteiger partial charge in [-0.3, -0.25) is 0 Å². The minimum absolute atomic E-state index is 0.915. The average Bonchev–Trinajstić information content (AvgIpc) is 2.42. The minimum Gasteiger partial charge on any atom is -0.0628 e. The summed E-state index contributed by atoms with van der Waals surface area (Å²) in [5, 5.41) is 0. The fourth-order valence-corrected chi connectivity index (χ4v) is 1.35. The SMILES string of the molecule is CC(C)CCC1CC1C. The summed E-state index contributed by atoms with van der Waals surface area (Å²) in [7, 11) is 0. The van der Waals surface area contributed by atoms with Gasteiger partial charge in [0.1, 0.15) is 0 Å². The highest BCUT2D eigenvalue weighted by Gasteiger charge is 2.31. The topological polar surface area (TPSA) is 0 Å². The normalized spacial score (nSPS) is 33.3. The molecule has 0 nitrogen and oxygen atoms in total. The van der Waals surface area contributed by atoms with E-state index in [1.54, 1.807) is 0 Å². The molecule has 0 aromatic carbocycles. The van der Waals surface area contributed by atoms with Crippen LogP contribution in [0.4, 0.5) is 0 Å². The van der Waals surface area contributed by atoms with Crippen LogP contribution < -0.4 is 0 Å². The summed E-state index contributed by atoms with van der Waals surface area (Å²) in [6.45, 7) is 6.99. The van der Waals surface area contributed by atoms with E-state index in [4.69, 9.17) is 0 Å². The third kappa shape index (κ3) is 2.38. The molecule has 1 aliphatic carbocycles. The van der Waals surface area contributed by atoms with E-state index in [0.29, 0.717) is 0 Å². The van der Waals surface area contributed by atoms with Crippen LogP contribution in [-0.2, 0) is 0 Å². The fourth-order valence-electron chi connectivity index (χ4n) is 1.35. The van der Waals surface area contributed by atoms with Crippen molar-refractivity contribution in [1.82, 2.24) is 0 Å².